The third kappa shape index (κ3) is 1.33. The van der Waals surface area contributed by atoms with Gasteiger partial charge in [-0.3, -0.25) is 0 Å². The van der Waals surface area contributed by atoms with Crippen LogP contribution in [0.15, 0.2) is 16.9 Å². The van der Waals surface area contributed by atoms with Crippen LogP contribution < -0.4 is 5.32 Å². The van der Waals surface area contributed by atoms with Crippen LogP contribution in [-0.4, -0.2) is 7.05 Å². The number of rotatable bonds is 2. The van der Waals surface area contributed by atoms with Crippen LogP contribution in [0, 0.1) is 6.92 Å². The molecule has 0 saturated carbocycles. The highest BCUT2D eigenvalue weighted by atomic mass is 16.3. The van der Waals surface area contributed by atoms with Crippen LogP contribution in [0.2, 0.25) is 0 Å². The first-order valence-corrected chi connectivity index (χ1v) is 3.01. The van der Waals surface area contributed by atoms with Gasteiger partial charge in [0.2, 0.25) is 0 Å². The number of nitrogens with one attached hydrogen (secondary N) is 1. The molecule has 2 heteroatoms. The maximum atomic E-state index is 4.96. The van der Waals surface area contributed by atoms with Gasteiger partial charge in [0.1, 0.15) is 0 Å². The zero-order valence-electron chi connectivity index (χ0n) is 5.77. The number of aryl methyl sites for hydroxylation is 1. The van der Waals surface area contributed by atoms with E-state index in [9.17, 15) is 0 Å². The summed E-state index contributed by atoms with van der Waals surface area (Å²) in [6.45, 7) is 2.93. The minimum absolute atomic E-state index is 0.891. The Morgan fingerprint density at radius 1 is 1.56 bits per heavy atom. The summed E-state index contributed by atoms with van der Waals surface area (Å²) >= 11 is 0. The molecular formula is C7H11NO. The Bertz CT molecular complexity index is 181. The highest BCUT2D eigenvalue weighted by molar-refractivity contribution is 5.18. The predicted molar refractivity (Wildman–Crippen MR) is 36.2 cm³/mol. The van der Waals surface area contributed by atoms with Crippen molar-refractivity contribution in [2.24, 2.45) is 0 Å². The quantitative estimate of drug-likeness (QED) is 0.644. The van der Waals surface area contributed by atoms with Crippen LogP contribution in [0.5, 0.6) is 0 Å². The van der Waals surface area contributed by atoms with Crippen molar-refractivity contribution in [1.82, 2.24) is 5.32 Å². The van der Waals surface area contributed by atoms with Crippen molar-refractivity contribution >= 4 is 0 Å². The summed E-state index contributed by atoms with van der Waals surface area (Å²) in [6, 6.07) is 0. The van der Waals surface area contributed by atoms with Crippen LogP contribution in [0.3, 0.4) is 0 Å². The lowest BCUT2D eigenvalue weighted by molar-refractivity contribution is 0.561. The number of hydrogen-bond donors (Lipinski definition) is 1. The van der Waals surface area contributed by atoms with E-state index in [4.69, 9.17) is 4.42 Å². The lowest BCUT2D eigenvalue weighted by Crippen LogP contribution is -2.04. The fourth-order valence-electron chi connectivity index (χ4n) is 0.758. The molecule has 0 radical (unpaired) electrons. The van der Waals surface area contributed by atoms with Crippen molar-refractivity contribution in [2.45, 2.75) is 13.5 Å². The molecule has 2 nitrogen and oxygen atoms in total. The maximum Gasteiger partial charge on any atom is 0.0950 e. The Hall–Kier alpha value is -0.760. The fraction of sp³-hybridized carbons (Fsp3) is 0.429. The second-order valence-corrected chi connectivity index (χ2v) is 2.11. The van der Waals surface area contributed by atoms with Crippen LogP contribution in [0.1, 0.15) is 11.1 Å². The van der Waals surface area contributed by atoms with Gasteiger partial charge < -0.3 is 9.73 Å². The maximum absolute atomic E-state index is 4.96. The average molecular weight is 125 g/mol. The first-order valence-electron chi connectivity index (χ1n) is 3.01. The van der Waals surface area contributed by atoms with Gasteiger partial charge in [-0.15, -0.1) is 0 Å². The lowest BCUT2D eigenvalue weighted by atomic mass is 10.2. The molecule has 0 aromatic carbocycles. The SMILES string of the molecule is CNCc1cocc1C. The Labute approximate surface area is 54.9 Å². The van der Waals surface area contributed by atoms with E-state index in [1.807, 2.05) is 14.0 Å². The molecule has 0 unspecified atom stereocenters. The van der Waals surface area contributed by atoms with Crippen LogP contribution in [-0.2, 0) is 6.54 Å². The molecule has 1 rings (SSSR count). The number of furan rings is 1. The van der Waals surface area contributed by atoms with Gasteiger partial charge in [0, 0.05) is 12.1 Å². The van der Waals surface area contributed by atoms with E-state index in [-0.39, 0.29) is 0 Å². The molecule has 0 fully saturated rings. The van der Waals surface area contributed by atoms with Gasteiger partial charge in [-0.25, -0.2) is 0 Å². The molecule has 0 atom stereocenters. The van der Waals surface area contributed by atoms with Crippen LogP contribution >= 0.6 is 0 Å². The summed E-state index contributed by atoms with van der Waals surface area (Å²) in [7, 11) is 1.92. The third-order valence-electron chi connectivity index (χ3n) is 1.33. The molecule has 0 aliphatic heterocycles. The van der Waals surface area contributed by atoms with Crippen molar-refractivity contribution in [3.05, 3.63) is 23.7 Å². The van der Waals surface area contributed by atoms with Gasteiger partial charge in [-0.1, -0.05) is 0 Å². The van der Waals surface area contributed by atoms with E-state index < -0.39 is 0 Å². The second-order valence-electron chi connectivity index (χ2n) is 2.11. The van der Waals surface area contributed by atoms with E-state index in [1.165, 1.54) is 11.1 Å². The van der Waals surface area contributed by atoms with E-state index >= 15 is 0 Å². The van der Waals surface area contributed by atoms with Crippen molar-refractivity contribution in [1.29, 1.82) is 0 Å². The largest absolute Gasteiger partial charge is 0.472 e. The van der Waals surface area contributed by atoms with Gasteiger partial charge in [-0.2, -0.15) is 0 Å². The van der Waals surface area contributed by atoms with Crippen molar-refractivity contribution in [3.63, 3.8) is 0 Å². The summed E-state index contributed by atoms with van der Waals surface area (Å²) < 4.78 is 4.96. The Morgan fingerprint density at radius 2 is 2.33 bits per heavy atom. The molecule has 0 aliphatic rings. The summed E-state index contributed by atoms with van der Waals surface area (Å²) in [5, 5.41) is 3.05. The predicted octanol–water partition coefficient (Wildman–Crippen LogP) is 1.31. The molecule has 1 aromatic rings. The van der Waals surface area contributed by atoms with E-state index in [1.54, 1.807) is 12.5 Å². The molecule has 9 heavy (non-hydrogen) atoms. The summed E-state index contributed by atoms with van der Waals surface area (Å²) in [5.41, 5.74) is 2.45. The molecule has 0 bridgehead atoms. The normalized spacial score (nSPS) is 10.0. The topological polar surface area (TPSA) is 25.2 Å². The minimum atomic E-state index is 0.891. The molecule has 1 aromatic heterocycles. The molecule has 0 spiro atoms. The lowest BCUT2D eigenvalue weighted by Gasteiger charge is -1.93. The minimum Gasteiger partial charge on any atom is -0.472 e. The molecule has 1 heterocycles. The highest BCUT2D eigenvalue weighted by Gasteiger charge is 1.96. The van der Waals surface area contributed by atoms with Gasteiger partial charge in [-0.05, 0) is 19.5 Å². The Balaban J connectivity index is 2.69. The van der Waals surface area contributed by atoms with Crippen molar-refractivity contribution < 1.29 is 4.42 Å². The van der Waals surface area contributed by atoms with Gasteiger partial charge in [0.15, 0.2) is 0 Å². The summed E-state index contributed by atoms with van der Waals surface area (Å²) in [4.78, 5) is 0. The smallest absolute Gasteiger partial charge is 0.0950 e. The first-order chi connectivity index (χ1) is 4.34. The van der Waals surface area contributed by atoms with Gasteiger partial charge in [0.25, 0.3) is 0 Å². The average Bonchev–Trinajstić information content (AvgIpc) is 2.18. The first kappa shape index (κ1) is 6.36. The van der Waals surface area contributed by atoms with E-state index in [0.717, 1.165) is 6.54 Å². The standard InChI is InChI=1S/C7H11NO/c1-6-4-9-5-7(6)3-8-2/h4-5,8H,3H2,1-2H3. The van der Waals surface area contributed by atoms with Gasteiger partial charge >= 0.3 is 0 Å². The van der Waals surface area contributed by atoms with Crippen molar-refractivity contribution in [3.8, 4) is 0 Å². The molecule has 0 amide bonds. The molecule has 0 aliphatic carbocycles. The van der Waals surface area contributed by atoms with Crippen LogP contribution in [0.4, 0.5) is 0 Å². The zero-order valence-corrected chi connectivity index (χ0v) is 5.77. The van der Waals surface area contributed by atoms with E-state index in [0.29, 0.717) is 0 Å². The second kappa shape index (κ2) is 2.69. The molecule has 50 valence electrons. The molecular weight excluding hydrogens is 114 g/mol. The zero-order chi connectivity index (χ0) is 6.69. The van der Waals surface area contributed by atoms with E-state index in [2.05, 4.69) is 5.32 Å². The summed E-state index contributed by atoms with van der Waals surface area (Å²) in [6.07, 6.45) is 3.53. The van der Waals surface area contributed by atoms with Gasteiger partial charge in [0.05, 0.1) is 12.5 Å². The molecule has 1 N–H and O–H groups in total. The number of hydrogen-bond acceptors (Lipinski definition) is 2. The Morgan fingerprint density at radius 3 is 2.78 bits per heavy atom. The molecule has 0 saturated heterocycles. The summed E-state index contributed by atoms with van der Waals surface area (Å²) in [5.74, 6) is 0. The Kier molecular flexibility index (Phi) is 1.90. The van der Waals surface area contributed by atoms with Crippen molar-refractivity contribution in [2.75, 3.05) is 7.05 Å². The van der Waals surface area contributed by atoms with Crippen LogP contribution in [0.25, 0.3) is 0 Å². The monoisotopic (exact) mass is 125 g/mol. The highest BCUT2D eigenvalue weighted by Crippen LogP contribution is 2.06. The third-order valence-corrected chi connectivity index (χ3v) is 1.33. The fourth-order valence-corrected chi connectivity index (χ4v) is 0.758.